The fraction of sp³-hybridized carbons (Fsp3) is 0.0690. The van der Waals surface area contributed by atoms with Gasteiger partial charge in [0.15, 0.2) is 0 Å². The largest absolute Gasteiger partial charge is 0.271 e. The van der Waals surface area contributed by atoms with Crippen LogP contribution >= 0.6 is 0 Å². The lowest BCUT2D eigenvalue weighted by atomic mass is 9.98. The number of hydrogen-bond acceptors (Lipinski definition) is 4. The van der Waals surface area contributed by atoms with Crippen molar-refractivity contribution < 1.29 is 4.79 Å². The predicted octanol–water partition coefficient (Wildman–Crippen LogP) is 5.81. The lowest BCUT2D eigenvalue weighted by Gasteiger charge is -2.24. The molecular weight excluding hydrogens is 420 g/mol. The summed E-state index contributed by atoms with van der Waals surface area (Å²) in [4.78, 5) is 12.1. The summed E-state index contributed by atoms with van der Waals surface area (Å²) in [5.74, 6) is -0.237. The molecule has 34 heavy (non-hydrogen) atoms. The summed E-state index contributed by atoms with van der Waals surface area (Å²) in [6.45, 7) is 0. The standard InChI is InChI=1S/C29H24N4O/c34-29(25-14-8-3-9-15-25)31-30-21-22-16-18-26(19-17-22)33-28(24-12-6-2-7-13-24)20-27(32-33)23-10-4-1-5-11-23/h1-19,21,28H,20H2,(H,31,34)/b30-21-/t28-/m1/s1. The normalized spacial score (nSPS) is 15.4. The Kier molecular flexibility index (Phi) is 6.25. The van der Waals surface area contributed by atoms with Crippen molar-refractivity contribution in [2.45, 2.75) is 12.5 Å². The van der Waals surface area contributed by atoms with Gasteiger partial charge in [-0.25, -0.2) is 5.43 Å². The summed E-state index contributed by atoms with van der Waals surface area (Å²) in [6.07, 6.45) is 2.48. The third-order valence-electron chi connectivity index (χ3n) is 5.78. The Morgan fingerprint density at radius 1 is 0.824 bits per heavy atom. The van der Waals surface area contributed by atoms with E-state index in [4.69, 9.17) is 5.10 Å². The average molecular weight is 445 g/mol. The van der Waals surface area contributed by atoms with Gasteiger partial charge in [-0.3, -0.25) is 9.80 Å². The second-order valence-electron chi connectivity index (χ2n) is 8.04. The minimum absolute atomic E-state index is 0.126. The minimum atomic E-state index is -0.237. The van der Waals surface area contributed by atoms with Crippen LogP contribution in [0.4, 0.5) is 5.69 Å². The van der Waals surface area contributed by atoms with Crippen LogP contribution in [-0.4, -0.2) is 17.8 Å². The van der Waals surface area contributed by atoms with Gasteiger partial charge in [-0.15, -0.1) is 0 Å². The number of nitrogens with one attached hydrogen (secondary N) is 1. The average Bonchev–Trinajstić information content (AvgIpc) is 3.36. The van der Waals surface area contributed by atoms with Crippen molar-refractivity contribution in [2.75, 3.05) is 5.01 Å². The highest BCUT2D eigenvalue weighted by molar-refractivity contribution is 6.03. The Balaban J connectivity index is 1.34. The Labute approximate surface area is 199 Å². The lowest BCUT2D eigenvalue weighted by molar-refractivity contribution is 0.0955. The molecule has 0 fully saturated rings. The first-order chi connectivity index (χ1) is 16.8. The van der Waals surface area contributed by atoms with E-state index in [9.17, 15) is 4.79 Å². The topological polar surface area (TPSA) is 57.1 Å². The van der Waals surface area contributed by atoms with E-state index in [1.165, 1.54) is 5.56 Å². The quantitative estimate of drug-likeness (QED) is 0.302. The van der Waals surface area contributed by atoms with E-state index >= 15 is 0 Å². The maximum absolute atomic E-state index is 12.1. The Morgan fingerprint density at radius 3 is 2.12 bits per heavy atom. The van der Waals surface area contributed by atoms with E-state index < -0.39 is 0 Å². The Hall–Kier alpha value is -4.51. The van der Waals surface area contributed by atoms with E-state index in [2.05, 4.69) is 51.9 Å². The molecule has 5 nitrogen and oxygen atoms in total. The molecule has 5 rings (SSSR count). The molecular formula is C29H24N4O. The molecule has 1 atom stereocenters. The van der Waals surface area contributed by atoms with Gasteiger partial charge in [-0.05, 0) is 41.0 Å². The van der Waals surface area contributed by atoms with E-state index in [0.29, 0.717) is 5.56 Å². The molecule has 0 aliphatic carbocycles. The van der Waals surface area contributed by atoms with Crippen LogP contribution in [0.25, 0.3) is 0 Å². The summed E-state index contributed by atoms with van der Waals surface area (Å²) in [5.41, 5.74) is 8.48. The molecule has 0 radical (unpaired) electrons. The SMILES string of the molecule is O=C(N/N=C\c1ccc(N2N=C(c3ccccc3)C[C@@H]2c2ccccc2)cc1)c1ccccc1. The summed E-state index contributed by atoms with van der Waals surface area (Å²) in [6, 6.07) is 38.0. The van der Waals surface area contributed by atoms with Crippen molar-refractivity contribution in [2.24, 2.45) is 10.2 Å². The number of hydrogen-bond donors (Lipinski definition) is 1. The van der Waals surface area contributed by atoms with Gasteiger partial charge in [-0.2, -0.15) is 10.2 Å². The predicted molar refractivity (Wildman–Crippen MR) is 137 cm³/mol. The second-order valence-corrected chi connectivity index (χ2v) is 8.04. The summed E-state index contributed by atoms with van der Waals surface area (Å²) in [5, 5.41) is 11.2. The summed E-state index contributed by atoms with van der Waals surface area (Å²) < 4.78 is 0. The zero-order valence-corrected chi connectivity index (χ0v) is 18.6. The Bertz CT molecular complexity index is 1300. The van der Waals surface area contributed by atoms with Crippen LogP contribution in [0.5, 0.6) is 0 Å². The molecule has 4 aromatic rings. The molecule has 0 unspecified atom stereocenters. The van der Waals surface area contributed by atoms with Crippen LogP contribution < -0.4 is 10.4 Å². The number of hydrazone groups is 2. The van der Waals surface area contributed by atoms with Crippen molar-refractivity contribution in [1.82, 2.24) is 5.43 Å². The van der Waals surface area contributed by atoms with Gasteiger partial charge < -0.3 is 0 Å². The molecule has 5 heteroatoms. The molecule has 0 spiro atoms. The van der Waals surface area contributed by atoms with Crippen LogP contribution in [0.2, 0.25) is 0 Å². The molecule has 1 aliphatic heterocycles. The maximum atomic E-state index is 12.1. The molecule has 1 amide bonds. The van der Waals surface area contributed by atoms with Crippen molar-refractivity contribution in [3.8, 4) is 0 Å². The van der Waals surface area contributed by atoms with Gasteiger partial charge in [0, 0.05) is 12.0 Å². The lowest BCUT2D eigenvalue weighted by Crippen LogP contribution is -2.18. The van der Waals surface area contributed by atoms with Crippen molar-refractivity contribution in [3.05, 3.63) is 138 Å². The number of anilines is 1. The Morgan fingerprint density at radius 2 is 1.44 bits per heavy atom. The van der Waals surface area contributed by atoms with Gasteiger partial charge in [-0.1, -0.05) is 91.0 Å². The molecule has 0 saturated heterocycles. The molecule has 1 heterocycles. The molecule has 166 valence electrons. The summed E-state index contributed by atoms with van der Waals surface area (Å²) >= 11 is 0. The molecule has 4 aromatic carbocycles. The number of carbonyl (C=O) groups is 1. The van der Waals surface area contributed by atoms with Gasteiger partial charge in [0.05, 0.1) is 23.7 Å². The van der Waals surface area contributed by atoms with Crippen LogP contribution in [0.1, 0.15) is 39.5 Å². The maximum Gasteiger partial charge on any atom is 0.271 e. The number of carbonyl (C=O) groups excluding carboxylic acids is 1. The second kappa shape index (κ2) is 9.96. The van der Waals surface area contributed by atoms with Gasteiger partial charge >= 0.3 is 0 Å². The highest BCUT2D eigenvalue weighted by Crippen LogP contribution is 2.36. The van der Waals surface area contributed by atoms with E-state index in [1.54, 1.807) is 18.3 Å². The zero-order valence-electron chi connectivity index (χ0n) is 18.6. The third kappa shape index (κ3) is 4.79. The number of nitrogens with zero attached hydrogens (tertiary/aromatic N) is 3. The van der Waals surface area contributed by atoms with E-state index in [-0.39, 0.29) is 11.9 Å². The minimum Gasteiger partial charge on any atom is -0.267 e. The van der Waals surface area contributed by atoms with Crippen molar-refractivity contribution in [3.63, 3.8) is 0 Å². The first-order valence-corrected chi connectivity index (χ1v) is 11.2. The number of benzene rings is 4. The van der Waals surface area contributed by atoms with Crippen molar-refractivity contribution >= 4 is 23.5 Å². The molecule has 0 saturated carbocycles. The van der Waals surface area contributed by atoms with Crippen LogP contribution in [0.3, 0.4) is 0 Å². The van der Waals surface area contributed by atoms with Gasteiger partial charge in [0.25, 0.3) is 5.91 Å². The molecule has 1 N–H and O–H groups in total. The van der Waals surface area contributed by atoms with Gasteiger partial charge in [0.2, 0.25) is 0 Å². The van der Waals surface area contributed by atoms with E-state index in [1.807, 2.05) is 66.7 Å². The fourth-order valence-electron chi connectivity index (χ4n) is 4.02. The first-order valence-electron chi connectivity index (χ1n) is 11.2. The smallest absolute Gasteiger partial charge is 0.267 e. The first kappa shape index (κ1) is 21.3. The third-order valence-corrected chi connectivity index (χ3v) is 5.78. The summed E-state index contributed by atoms with van der Waals surface area (Å²) in [7, 11) is 0. The fourth-order valence-corrected chi connectivity index (χ4v) is 4.02. The van der Waals surface area contributed by atoms with Gasteiger partial charge in [0.1, 0.15) is 0 Å². The molecule has 0 bridgehead atoms. The van der Waals surface area contributed by atoms with Crippen LogP contribution in [0, 0.1) is 0 Å². The van der Waals surface area contributed by atoms with Crippen LogP contribution in [-0.2, 0) is 0 Å². The highest BCUT2D eigenvalue weighted by atomic mass is 16.2. The zero-order chi connectivity index (χ0) is 23.2. The molecule has 1 aliphatic rings. The number of amides is 1. The monoisotopic (exact) mass is 444 g/mol. The van der Waals surface area contributed by atoms with Crippen LogP contribution in [0.15, 0.2) is 125 Å². The highest BCUT2D eigenvalue weighted by Gasteiger charge is 2.29. The van der Waals surface area contributed by atoms with E-state index in [0.717, 1.165) is 28.9 Å². The number of rotatable bonds is 6. The van der Waals surface area contributed by atoms with Crippen molar-refractivity contribution in [1.29, 1.82) is 0 Å². The molecule has 0 aromatic heterocycles.